The van der Waals surface area contributed by atoms with Gasteiger partial charge in [0, 0.05) is 28.9 Å². The number of furan rings is 1. The van der Waals surface area contributed by atoms with Crippen molar-refractivity contribution in [3.8, 4) is 34.4 Å². The lowest BCUT2D eigenvalue weighted by molar-refractivity contribution is 0.670. The Balaban J connectivity index is 0.000000319. The zero-order valence-electron chi connectivity index (χ0n) is 25.3. The van der Waals surface area contributed by atoms with E-state index in [9.17, 15) is 10.5 Å². The monoisotopic (exact) mass is 594 g/mol. The molecule has 0 aliphatic carbocycles. The maximum atomic E-state index is 9.26. The second-order valence-electron chi connectivity index (χ2n) is 10.8. The normalized spacial score (nSPS) is 11.0. The standard InChI is InChI=1S/C33H20N2O.C8H10N2/c34-20-23-9-13-25(14-10-23)28-18-29(26-15-11-24(21-35)12-16-26)33-30(19-28)32-27(7-4-8-31(32)36-33)17-22-5-2-1-3-6-22;1-10-8(9)7-5-3-2-4-6-7/h1-16,18-19H,17H2;2-6H,1H3,(H2,9,10). The first-order valence-electron chi connectivity index (χ1n) is 14.9. The fourth-order valence-corrected chi connectivity index (χ4v) is 5.55. The van der Waals surface area contributed by atoms with Crippen LogP contribution in [0.3, 0.4) is 0 Å². The lowest BCUT2D eigenvalue weighted by Gasteiger charge is -2.09. The Kier molecular flexibility index (Phi) is 8.68. The van der Waals surface area contributed by atoms with Gasteiger partial charge >= 0.3 is 0 Å². The van der Waals surface area contributed by atoms with Gasteiger partial charge in [-0.2, -0.15) is 10.5 Å². The van der Waals surface area contributed by atoms with E-state index in [1.165, 1.54) is 11.1 Å². The van der Waals surface area contributed by atoms with E-state index in [0.29, 0.717) is 17.0 Å². The summed E-state index contributed by atoms with van der Waals surface area (Å²) in [6, 6.07) is 50.3. The van der Waals surface area contributed by atoms with Gasteiger partial charge in [-0.05, 0) is 76.7 Å². The minimum atomic E-state index is 0.584. The number of aliphatic imine (C=N–C) groups is 1. The van der Waals surface area contributed by atoms with Crippen molar-refractivity contribution >= 4 is 27.8 Å². The van der Waals surface area contributed by atoms with Gasteiger partial charge in [0.25, 0.3) is 0 Å². The third-order valence-corrected chi connectivity index (χ3v) is 7.90. The third kappa shape index (κ3) is 6.26. The quantitative estimate of drug-likeness (QED) is 0.159. The van der Waals surface area contributed by atoms with Gasteiger partial charge in [-0.1, -0.05) is 97.1 Å². The van der Waals surface area contributed by atoms with Gasteiger partial charge in [0.15, 0.2) is 0 Å². The number of hydrogen-bond acceptors (Lipinski definition) is 4. The van der Waals surface area contributed by atoms with E-state index >= 15 is 0 Å². The van der Waals surface area contributed by atoms with Crippen LogP contribution in [0.2, 0.25) is 0 Å². The number of amidine groups is 1. The molecule has 1 aromatic heterocycles. The minimum absolute atomic E-state index is 0.584. The van der Waals surface area contributed by atoms with Gasteiger partial charge in [-0.3, -0.25) is 4.99 Å². The molecule has 0 spiro atoms. The van der Waals surface area contributed by atoms with E-state index in [1.54, 1.807) is 7.05 Å². The Labute approximate surface area is 268 Å². The number of hydrogen-bond donors (Lipinski definition) is 1. The predicted molar refractivity (Wildman–Crippen MR) is 186 cm³/mol. The maximum Gasteiger partial charge on any atom is 0.143 e. The number of nitrogens with zero attached hydrogens (tertiary/aromatic N) is 3. The van der Waals surface area contributed by atoms with Crippen LogP contribution in [0.5, 0.6) is 0 Å². The van der Waals surface area contributed by atoms with Crippen molar-refractivity contribution in [2.45, 2.75) is 6.42 Å². The lowest BCUT2D eigenvalue weighted by atomic mass is 9.93. The molecule has 0 atom stereocenters. The highest BCUT2D eigenvalue weighted by Gasteiger charge is 2.17. The lowest BCUT2D eigenvalue weighted by Crippen LogP contribution is -2.12. The molecule has 2 N–H and O–H groups in total. The summed E-state index contributed by atoms with van der Waals surface area (Å²) in [6.07, 6.45) is 0.806. The first-order valence-corrected chi connectivity index (χ1v) is 14.9. The van der Waals surface area contributed by atoms with Crippen LogP contribution in [0.15, 0.2) is 149 Å². The second-order valence-corrected chi connectivity index (χ2v) is 10.8. The molecule has 0 bridgehead atoms. The Morgan fingerprint density at radius 2 is 1.28 bits per heavy atom. The fourth-order valence-electron chi connectivity index (χ4n) is 5.55. The molecule has 0 radical (unpaired) electrons. The number of fused-ring (bicyclic) bond motifs is 3. The van der Waals surface area contributed by atoms with Crippen molar-refractivity contribution < 1.29 is 4.42 Å². The highest BCUT2D eigenvalue weighted by molar-refractivity contribution is 6.12. The summed E-state index contributed by atoms with van der Waals surface area (Å²) in [6.45, 7) is 0. The number of nitriles is 2. The van der Waals surface area contributed by atoms with Crippen LogP contribution in [-0.2, 0) is 6.42 Å². The van der Waals surface area contributed by atoms with Gasteiger partial charge in [-0.15, -0.1) is 0 Å². The maximum absolute atomic E-state index is 9.26. The summed E-state index contributed by atoms with van der Waals surface area (Å²) in [5.74, 6) is 0.584. The van der Waals surface area contributed by atoms with Gasteiger partial charge in [-0.25, -0.2) is 0 Å². The smallest absolute Gasteiger partial charge is 0.143 e. The molecule has 7 aromatic rings. The zero-order chi connectivity index (χ0) is 31.9. The summed E-state index contributed by atoms with van der Waals surface area (Å²) in [5, 5.41) is 20.7. The number of rotatable bonds is 5. The first kappa shape index (κ1) is 29.6. The summed E-state index contributed by atoms with van der Waals surface area (Å²) < 4.78 is 6.49. The van der Waals surface area contributed by atoms with Crippen LogP contribution in [-0.4, -0.2) is 12.9 Å². The average molecular weight is 595 g/mol. The summed E-state index contributed by atoms with van der Waals surface area (Å²) in [7, 11) is 1.68. The Bertz CT molecular complexity index is 2240. The van der Waals surface area contributed by atoms with E-state index in [1.807, 2.05) is 97.1 Å². The van der Waals surface area contributed by atoms with Crippen molar-refractivity contribution in [3.63, 3.8) is 0 Å². The van der Waals surface area contributed by atoms with Gasteiger partial charge in [0.2, 0.25) is 0 Å². The Hall–Kier alpha value is -6.43. The topological polar surface area (TPSA) is 99.1 Å². The van der Waals surface area contributed by atoms with Crippen LogP contribution in [0.4, 0.5) is 0 Å². The average Bonchev–Trinajstić information content (AvgIpc) is 3.52. The molecular formula is C41H30N4O. The van der Waals surface area contributed by atoms with Crippen molar-refractivity contribution in [1.29, 1.82) is 10.5 Å². The zero-order valence-corrected chi connectivity index (χ0v) is 25.3. The van der Waals surface area contributed by atoms with Crippen molar-refractivity contribution in [2.75, 3.05) is 7.05 Å². The van der Waals surface area contributed by atoms with Crippen LogP contribution < -0.4 is 5.73 Å². The Morgan fingerprint density at radius 1 is 0.674 bits per heavy atom. The highest BCUT2D eigenvalue weighted by Crippen LogP contribution is 2.41. The van der Waals surface area contributed by atoms with Crippen molar-refractivity contribution in [2.24, 2.45) is 10.7 Å². The Morgan fingerprint density at radius 3 is 1.89 bits per heavy atom. The molecule has 220 valence electrons. The van der Waals surface area contributed by atoms with Gasteiger partial charge < -0.3 is 10.2 Å². The largest absolute Gasteiger partial charge is 0.455 e. The SMILES string of the molecule is CN=C(N)c1ccccc1.N#Cc1ccc(-c2cc(-c3ccc(C#N)cc3)c3oc4cccc(Cc5ccccc5)c4c3c2)cc1. The van der Waals surface area contributed by atoms with Crippen LogP contribution in [0.1, 0.15) is 27.8 Å². The van der Waals surface area contributed by atoms with E-state index in [-0.39, 0.29) is 0 Å². The van der Waals surface area contributed by atoms with E-state index < -0.39 is 0 Å². The van der Waals surface area contributed by atoms with E-state index in [2.05, 4.69) is 59.6 Å². The van der Waals surface area contributed by atoms with Crippen molar-refractivity contribution in [1.82, 2.24) is 0 Å². The minimum Gasteiger partial charge on any atom is -0.455 e. The molecule has 5 heteroatoms. The molecule has 0 amide bonds. The van der Waals surface area contributed by atoms with E-state index in [4.69, 9.17) is 10.2 Å². The molecule has 5 nitrogen and oxygen atoms in total. The molecule has 0 saturated heterocycles. The molecule has 0 aliphatic rings. The second kappa shape index (κ2) is 13.5. The van der Waals surface area contributed by atoms with Gasteiger partial charge in [0.05, 0.1) is 23.3 Å². The molecule has 46 heavy (non-hydrogen) atoms. The summed E-state index contributed by atoms with van der Waals surface area (Å²) in [5.41, 5.74) is 15.9. The molecule has 7 rings (SSSR count). The molecule has 0 aliphatic heterocycles. The molecule has 0 unspecified atom stereocenters. The molecular weight excluding hydrogens is 564 g/mol. The van der Waals surface area contributed by atoms with Crippen LogP contribution in [0, 0.1) is 22.7 Å². The van der Waals surface area contributed by atoms with E-state index in [0.717, 1.165) is 56.2 Å². The first-order chi connectivity index (χ1) is 22.6. The number of nitrogens with two attached hydrogens (primary N) is 1. The predicted octanol–water partition coefficient (Wildman–Crippen LogP) is 9.28. The third-order valence-electron chi connectivity index (χ3n) is 7.90. The summed E-state index contributed by atoms with van der Waals surface area (Å²) >= 11 is 0. The molecule has 0 saturated carbocycles. The number of benzene rings is 6. The van der Waals surface area contributed by atoms with Crippen molar-refractivity contribution in [3.05, 3.63) is 167 Å². The van der Waals surface area contributed by atoms with Gasteiger partial charge in [0.1, 0.15) is 17.0 Å². The highest BCUT2D eigenvalue weighted by atomic mass is 16.3. The molecule has 0 fully saturated rings. The molecule has 6 aromatic carbocycles. The fraction of sp³-hybridized carbons (Fsp3) is 0.0488. The van der Waals surface area contributed by atoms with Crippen LogP contribution >= 0.6 is 0 Å². The summed E-state index contributed by atoms with van der Waals surface area (Å²) in [4.78, 5) is 3.85. The van der Waals surface area contributed by atoms with Crippen LogP contribution in [0.25, 0.3) is 44.2 Å². The molecule has 1 heterocycles.